The van der Waals surface area contributed by atoms with Crippen LogP contribution in [0.25, 0.3) is 0 Å². The minimum atomic E-state index is -0.882. The highest BCUT2D eigenvalue weighted by molar-refractivity contribution is 6.18. The van der Waals surface area contributed by atoms with Crippen molar-refractivity contribution >= 4 is 29.2 Å². The zero-order valence-electron chi connectivity index (χ0n) is 13.5. The number of alkyl halides is 2. The van der Waals surface area contributed by atoms with Crippen LogP contribution in [0.3, 0.4) is 0 Å². The SMILES string of the molecule is CCOC1C=CC(N(CCCl)CCCl)=CC1C[C@H](N)CC(=O)O. The van der Waals surface area contributed by atoms with E-state index < -0.39 is 12.0 Å². The van der Waals surface area contributed by atoms with Gasteiger partial charge in [0.1, 0.15) is 0 Å². The molecular weight excluding hydrogens is 339 g/mol. The molecule has 0 amide bonds. The summed E-state index contributed by atoms with van der Waals surface area (Å²) in [6, 6.07) is -0.404. The largest absolute Gasteiger partial charge is 0.481 e. The van der Waals surface area contributed by atoms with Gasteiger partial charge in [-0.05, 0) is 19.4 Å². The van der Waals surface area contributed by atoms with Gasteiger partial charge >= 0.3 is 5.97 Å². The number of nitrogens with zero attached hydrogens (tertiary/aromatic N) is 1. The van der Waals surface area contributed by atoms with Crippen molar-refractivity contribution in [1.82, 2.24) is 4.90 Å². The molecule has 0 aromatic heterocycles. The molecule has 3 N–H and O–H groups in total. The maximum atomic E-state index is 10.8. The van der Waals surface area contributed by atoms with Crippen LogP contribution in [-0.4, -0.2) is 59.6 Å². The van der Waals surface area contributed by atoms with Crippen molar-refractivity contribution in [3.8, 4) is 0 Å². The van der Waals surface area contributed by atoms with Gasteiger partial charge in [-0.3, -0.25) is 4.79 Å². The smallest absolute Gasteiger partial charge is 0.304 e. The van der Waals surface area contributed by atoms with Crippen molar-refractivity contribution in [2.75, 3.05) is 31.5 Å². The van der Waals surface area contributed by atoms with Gasteiger partial charge < -0.3 is 20.5 Å². The quantitative estimate of drug-likeness (QED) is 0.550. The Morgan fingerprint density at radius 2 is 2.09 bits per heavy atom. The van der Waals surface area contributed by atoms with Crippen molar-refractivity contribution in [2.24, 2.45) is 11.7 Å². The van der Waals surface area contributed by atoms with Crippen LogP contribution in [0.1, 0.15) is 19.8 Å². The summed E-state index contributed by atoms with van der Waals surface area (Å²) in [6.45, 7) is 3.94. The Bertz CT molecular complexity index is 424. The highest BCUT2D eigenvalue weighted by atomic mass is 35.5. The molecule has 0 saturated carbocycles. The summed E-state index contributed by atoms with van der Waals surface area (Å²) in [4.78, 5) is 12.9. The molecule has 0 fully saturated rings. The number of rotatable bonds is 11. The molecule has 0 aromatic rings. The van der Waals surface area contributed by atoms with Crippen LogP contribution in [0.15, 0.2) is 23.9 Å². The summed E-state index contributed by atoms with van der Waals surface area (Å²) in [5, 5.41) is 8.88. The highest BCUT2D eigenvalue weighted by Gasteiger charge is 2.25. The molecule has 5 nitrogen and oxygen atoms in total. The maximum absolute atomic E-state index is 10.8. The lowest BCUT2D eigenvalue weighted by Gasteiger charge is -2.32. The molecule has 0 heterocycles. The van der Waals surface area contributed by atoms with Crippen LogP contribution in [0.2, 0.25) is 0 Å². The predicted molar refractivity (Wildman–Crippen MR) is 94.0 cm³/mol. The maximum Gasteiger partial charge on any atom is 0.304 e. The Balaban J connectivity index is 2.85. The van der Waals surface area contributed by atoms with Gasteiger partial charge in [-0.2, -0.15) is 0 Å². The molecule has 0 saturated heterocycles. The van der Waals surface area contributed by atoms with Gasteiger partial charge in [0.15, 0.2) is 0 Å². The lowest BCUT2D eigenvalue weighted by atomic mass is 9.88. The Kier molecular flexibility index (Phi) is 9.63. The second kappa shape index (κ2) is 10.9. The fourth-order valence-electron chi connectivity index (χ4n) is 2.72. The number of ether oxygens (including phenoxy) is 1. The molecule has 1 rings (SSSR count). The zero-order chi connectivity index (χ0) is 17.2. The Morgan fingerprint density at radius 1 is 1.43 bits per heavy atom. The van der Waals surface area contributed by atoms with Crippen LogP contribution in [0.4, 0.5) is 0 Å². The van der Waals surface area contributed by atoms with E-state index in [1.165, 1.54) is 0 Å². The lowest BCUT2D eigenvalue weighted by molar-refractivity contribution is -0.137. The molecule has 0 bridgehead atoms. The first-order valence-electron chi connectivity index (χ1n) is 7.87. The second-order valence-electron chi connectivity index (χ2n) is 5.49. The third kappa shape index (κ3) is 7.12. The van der Waals surface area contributed by atoms with Crippen molar-refractivity contribution in [1.29, 1.82) is 0 Å². The van der Waals surface area contributed by atoms with E-state index in [0.29, 0.717) is 37.9 Å². The molecule has 3 atom stereocenters. The number of carboxylic acid groups (broad SMARTS) is 1. The first-order chi connectivity index (χ1) is 11.0. The number of carboxylic acids is 1. The normalized spacial score (nSPS) is 21.8. The summed E-state index contributed by atoms with van der Waals surface area (Å²) < 4.78 is 5.74. The first kappa shape index (κ1) is 20.3. The van der Waals surface area contributed by atoms with Gasteiger partial charge in [0.25, 0.3) is 0 Å². The zero-order valence-corrected chi connectivity index (χ0v) is 15.0. The van der Waals surface area contributed by atoms with E-state index in [-0.39, 0.29) is 18.4 Å². The van der Waals surface area contributed by atoms with E-state index in [1.807, 2.05) is 19.1 Å². The summed E-state index contributed by atoms with van der Waals surface area (Å²) in [5.74, 6) is 0.185. The molecule has 7 heteroatoms. The van der Waals surface area contributed by atoms with Crippen LogP contribution in [0, 0.1) is 5.92 Å². The van der Waals surface area contributed by atoms with Crippen LogP contribution >= 0.6 is 23.2 Å². The molecule has 23 heavy (non-hydrogen) atoms. The van der Waals surface area contributed by atoms with Gasteiger partial charge in [0.05, 0.1) is 12.5 Å². The summed E-state index contributed by atoms with van der Waals surface area (Å²) in [7, 11) is 0. The molecule has 132 valence electrons. The Labute approximate surface area is 148 Å². The van der Waals surface area contributed by atoms with E-state index in [9.17, 15) is 4.79 Å². The lowest BCUT2D eigenvalue weighted by Crippen LogP contribution is -2.35. The molecule has 0 aromatic carbocycles. The third-order valence-electron chi connectivity index (χ3n) is 3.71. The fourth-order valence-corrected chi connectivity index (χ4v) is 3.13. The summed E-state index contributed by atoms with van der Waals surface area (Å²) >= 11 is 11.7. The van der Waals surface area contributed by atoms with Gasteiger partial charge in [-0.15, -0.1) is 23.2 Å². The molecule has 1 aliphatic rings. The summed E-state index contributed by atoms with van der Waals surface area (Å²) in [6.07, 6.45) is 6.54. The molecule has 0 aliphatic heterocycles. The van der Waals surface area contributed by atoms with E-state index >= 15 is 0 Å². The predicted octanol–water partition coefficient (Wildman–Crippen LogP) is 2.43. The minimum absolute atomic E-state index is 0.0393. The Morgan fingerprint density at radius 3 is 2.61 bits per heavy atom. The monoisotopic (exact) mass is 364 g/mol. The van der Waals surface area contributed by atoms with Crippen molar-refractivity contribution in [3.63, 3.8) is 0 Å². The number of halogens is 2. The number of hydrogen-bond acceptors (Lipinski definition) is 4. The molecule has 0 spiro atoms. The topological polar surface area (TPSA) is 75.8 Å². The van der Waals surface area contributed by atoms with Gasteiger partial charge in [-0.1, -0.05) is 12.2 Å². The number of aliphatic carboxylic acids is 1. The highest BCUT2D eigenvalue weighted by Crippen LogP contribution is 2.26. The fraction of sp³-hybridized carbons (Fsp3) is 0.688. The Hall–Kier alpha value is -0.750. The minimum Gasteiger partial charge on any atom is -0.481 e. The number of allylic oxidation sites excluding steroid dienone is 1. The summed E-state index contributed by atoms with van der Waals surface area (Å²) in [5.41, 5.74) is 6.99. The van der Waals surface area contributed by atoms with E-state index in [4.69, 9.17) is 38.8 Å². The van der Waals surface area contributed by atoms with Crippen LogP contribution in [-0.2, 0) is 9.53 Å². The van der Waals surface area contributed by atoms with E-state index in [2.05, 4.69) is 11.0 Å². The van der Waals surface area contributed by atoms with Gasteiger partial charge in [-0.25, -0.2) is 0 Å². The van der Waals surface area contributed by atoms with Crippen LogP contribution < -0.4 is 5.73 Å². The molecule has 1 aliphatic carbocycles. The number of carbonyl (C=O) groups is 1. The second-order valence-corrected chi connectivity index (χ2v) is 6.25. The molecule has 0 radical (unpaired) electrons. The third-order valence-corrected chi connectivity index (χ3v) is 4.05. The standard InChI is InChI=1S/C16H26Cl2N2O3/c1-2-23-15-4-3-14(20(7-5-17)8-6-18)10-12(15)9-13(19)11-16(21)22/h3-4,10,12-13,15H,2,5-9,11,19H2,1H3,(H,21,22)/t12?,13-,15?/m0/s1. The van der Waals surface area contributed by atoms with Gasteiger partial charge in [0.2, 0.25) is 0 Å². The van der Waals surface area contributed by atoms with Gasteiger partial charge in [0, 0.05) is 49.1 Å². The average Bonchev–Trinajstić information content (AvgIpc) is 2.48. The van der Waals surface area contributed by atoms with E-state index in [0.717, 1.165) is 5.70 Å². The molecule has 2 unspecified atom stereocenters. The molecular formula is C16H26Cl2N2O3. The van der Waals surface area contributed by atoms with Crippen molar-refractivity contribution < 1.29 is 14.6 Å². The first-order valence-corrected chi connectivity index (χ1v) is 8.94. The van der Waals surface area contributed by atoms with Crippen LogP contribution in [0.5, 0.6) is 0 Å². The van der Waals surface area contributed by atoms with Crippen molar-refractivity contribution in [3.05, 3.63) is 23.9 Å². The van der Waals surface area contributed by atoms with Crippen molar-refractivity contribution in [2.45, 2.75) is 31.9 Å². The van der Waals surface area contributed by atoms with E-state index in [1.54, 1.807) is 0 Å². The number of hydrogen-bond donors (Lipinski definition) is 2. The number of nitrogens with two attached hydrogens (primary N) is 1. The average molecular weight is 365 g/mol.